The Balaban J connectivity index is 1.31. The molecule has 3 heterocycles. The van der Waals surface area contributed by atoms with Gasteiger partial charge in [-0.15, -0.1) is 0 Å². The van der Waals surface area contributed by atoms with E-state index >= 15 is 0 Å². The summed E-state index contributed by atoms with van der Waals surface area (Å²) in [5, 5.41) is 11.5. The van der Waals surface area contributed by atoms with Crippen molar-refractivity contribution in [2.45, 2.75) is 62.8 Å². The topological polar surface area (TPSA) is 121 Å². The Morgan fingerprint density at radius 3 is 2.48 bits per heavy atom. The summed E-state index contributed by atoms with van der Waals surface area (Å²) in [6, 6.07) is 15.7. The lowest BCUT2D eigenvalue weighted by molar-refractivity contribution is -0.189. The zero-order chi connectivity index (χ0) is 29.9. The molecule has 0 aliphatic carbocycles. The summed E-state index contributed by atoms with van der Waals surface area (Å²) >= 11 is 0. The lowest BCUT2D eigenvalue weighted by Gasteiger charge is -2.30. The van der Waals surface area contributed by atoms with E-state index in [9.17, 15) is 18.3 Å². The molecule has 11 heteroatoms. The van der Waals surface area contributed by atoms with Crippen LogP contribution in [0.25, 0.3) is 0 Å². The Morgan fingerprint density at radius 2 is 1.79 bits per heavy atom. The molecule has 10 nitrogen and oxygen atoms in total. The Bertz CT molecular complexity index is 1290. The van der Waals surface area contributed by atoms with Crippen LogP contribution in [0.3, 0.4) is 0 Å². The molecular weight excluding hydrogens is 562 g/mol. The van der Waals surface area contributed by atoms with E-state index in [1.165, 1.54) is 23.5 Å². The number of esters is 1. The molecule has 5 rings (SSSR count). The van der Waals surface area contributed by atoms with Crippen molar-refractivity contribution in [3.8, 4) is 5.75 Å². The molecule has 0 unspecified atom stereocenters. The zero-order valence-electron chi connectivity index (χ0n) is 24.3. The summed E-state index contributed by atoms with van der Waals surface area (Å²) in [4.78, 5) is 13.4. The number of sulfonamides is 1. The van der Waals surface area contributed by atoms with Gasteiger partial charge in [-0.1, -0.05) is 44.2 Å². The molecule has 7 atom stereocenters. The zero-order valence-corrected chi connectivity index (χ0v) is 25.1. The van der Waals surface area contributed by atoms with Gasteiger partial charge in [0.15, 0.2) is 12.6 Å². The van der Waals surface area contributed by atoms with Gasteiger partial charge in [-0.05, 0) is 48.6 Å². The number of aliphatic hydroxyl groups is 1. The molecule has 230 valence electrons. The van der Waals surface area contributed by atoms with Gasteiger partial charge < -0.3 is 28.8 Å². The fourth-order valence-corrected chi connectivity index (χ4v) is 7.78. The number of rotatable bonds is 13. The number of hydrogen-bond acceptors (Lipinski definition) is 9. The molecule has 0 amide bonds. The minimum Gasteiger partial charge on any atom is -0.497 e. The monoisotopic (exact) mass is 603 g/mol. The number of aliphatic hydroxyl groups excluding tert-OH is 1. The molecule has 3 aliphatic heterocycles. The first kappa shape index (κ1) is 30.9. The SMILES string of the molecule is COc1ccc(S(=O)(=O)N(CC(C)C)C[C@@H](O)[C@@H](CC(=O)O[C@@H]2CO[C@@H]3O[C@@H]4OCC[C@@H]4[C@@H]32)Cc2ccccc2)cc1. The van der Waals surface area contributed by atoms with Crippen molar-refractivity contribution in [1.29, 1.82) is 0 Å². The van der Waals surface area contributed by atoms with Crippen LogP contribution in [0.1, 0.15) is 32.3 Å². The van der Waals surface area contributed by atoms with Crippen LogP contribution in [0, 0.1) is 23.7 Å². The van der Waals surface area contributed by atoms with Gasteiger partial charge in [0.2, 0.25) is 10.0 Å². The summed E-state index contributed by atoms with van der Waals surface area (Å²) in [7, 11) is -2.41. The third kappa shape index (κ3) is 6.98. The summed E-state index contributed by atoms with van der Waals surface area (Å²) in [6.45, 7) is 4.75. The molecule has 0 spiro atoms. The van der Waals surface area contributed by atoms with Gasteiger partial charge in [0.05, 0.1) is 43.7 Å². The normalized spacial score (nSPS) is 26.7. The quantitative estimate of drug-likeness (QED) is 0.344. The summed E-state index contributed by atoms with van der Waals surface area (Å²) in [5.74, 6) is -0.454. The van der Waals surface area contributed by atoms with Crippen molar-refractivity contribution >= 4 is 16.0 Å². The summed E-state index contributed by atoms with van der Waals surface area (Å²) < 4.78 is 57.0. The second kappa shape index (κ2) is 13.4. The summed E-state index contributed by atoms with van der Waals surface area (Å²) in [6.07, 6.45) is -1.23. The molecular formula is C31H41NO9S. The van der Waals surface area contributed by atoms with E-state index in [4.69, 9.17) is 23.7 Å². The minimum atomic E-state index is -3.93. The van der Waals surface area contributed by atoms with Crippen molar-refractivity contribution in [3.63, 3.8) is 0 Å². The fraction of sp³-hybridized carbons (Fsp3) is 0.581. The van der Waals surface area contributed by atoms with Gasteiger partial charge in [-0.3, -0.25) is 4.79 Å². The fourth-order valence-electron chi connectivity index (χ4n) is 6.16. The highest BCUT2D eigenvalue weighted by Gasteiger charge is 2.56. The Kier molecular flexibility index (Phi) is 9.86. The maximum atomic E-state index is 13.7. The molecule has 0 bridgehead atoms. The van der Waals surface area contributed by atoms with Crippen LogP contribution in [0.4, 0.5) is 0 Å². The Morgan fingerprint density at radius 1 is 1.05 bits per heavy atom. The molecule has 0 aromatic heterocycles. The van der Waals surface area contributed by atoms with Gasteiger partial charge in [0.25, 0.3) is 0 Å². The minimum absolute atomic E-state index is 0.00935. The van der Waals surface area contributed by atoms with E-state index in [1.807, 2.05) is 44.2 Å². The predicted octanol–water partition coefficient (Wildman–Crippen LogP) is 3.23. The highest BCUT2D eigenvalue weighted by Crippen LogP contribution is 2.46. The van der Waals surface area contributed by atoms with Crippen LogP contribution in [-0.4, -0.2) is 82.0 Å². The lowest BCUT2D eigenvalue weighted by Crippen LogP contribution is -2.43. The molecule has 3 aliphatic rings. The second-order valence-corrected chi connectivity index (χ2v) is 13.7. The maximum absolute atomic E-state index is 13.7. The molecule has 1 N–H and O–H groups in total. The van der Waals surface area contributed by atoms with Gasteiger partial charge in [-0.2, -0.15) is 4.31 Å². The molecule has 3 saturated heterocycles. The molecule has 0 radical (unpaired) electrons. The highest BCUT2D eigenvalue weighted by molar-refractivity contribution is 7.89. The smallest absolute Gasteiger partial charge is 0.306 e. The van der Waals surface area contributed by atoms with Crippen LogP contribution < -0.4 is 4.74 Å². The number of ether oxygens (including phenoxy) is 5. The van der Waals surface area contributed by atoms with E-state index in [0.717, 1.165) is 12.0 Å². The largest absolute Gasteiger partial charge is 0.497 e. The number of nitrogens with zero attached hydrogens (tertiary/aromatic N) is 1. The van der Waals surface area contributed by atoms with E-state index in [2.05, 4.69) is 0 Å². The first-order chi connectivity index (χ1) is 20.2. The van der Waals surface area contributed by atoms with Crippen molar-refractivity contribution in [2.75, 3.05) is 33.4 Å². The third-order valence-electron chi connectivity index (χ3n) is 8.27. The van der Waals surface area contributed by atoms with E-state index in [-0.39, 0.29) is 55.1 Å². The molecule has 0 saturated carbocycles. The summed E-state index contributed by atoms with van der Waals surface area (Å²) in [5.41, 5.74) is 0.933. The van der Waals surface area contributed by atoms with Crippen LogP contribution in [0.15, 0.2) is 59.5 Å². The molecule has 2 aromatic carbocycles. The van der Waals surface area contributed by atoms with Gasteiger partial charge >= 0.3 is 5.97 Å². The standard InChI is InChI=1S/C31H41NO9S/c1-20(2)17-32(42(35,36)24-11-9-23(37-3)10-12-24)18-26(33)22(15-21-7-5-4-6-8-21)16-28(34)40-27-19-39-31-29(27)25-13-14-38-30(25)41-31/h4-12,20,22,25-27,29-31,33H,13-19H2,1-3H3/t22-,25-,26-,27-,29-,30+,31-/m1/s1. The van der Waals surface area contributed by atoms with E-state index in [0.29, 0.717) is 18.8 Å². The number of methoxy groups -OCH3 is 1. The van der Waals surface area contributed by atoms with Gasteiger partial charge in [0, 0.05) is 24.9 Å². The molecule has 2 aromatic rings. The third-order valence-corrected chi connectivity index (χ3v) is 10.1. The predicted molar refractivity (Wildman–Crippen MR) is 153 cm³/mol. The second-order valence-electron chi connectivity index (χ2n) is 11.7. The van der Waals surface area contributed by atoms with Crippen molar-refractivity contribution < 1.29 is 42.0 Å². The number of fused-ring (bicyclic) bond motifs is 3. The average Bonchev–Trinajstić information content (AvgIpc) is 3.66. The van der Waals surface area contributed by atoms with Crippen LogP contribution in [-0.2, 0) is 40.2 Å². The van der Waals surface area contributed by atoms with E-state index in [1.54, 1.807) is 12.1 Å². The number of carbonyl (C=O) groups is 1. The van der Waals surface area contributed by atoms with Crippen LogP contribution in [0.2, 0.25) is 0 Å². The van der Waals surface area contributed by atoms with Crippen molar-refractivity contribution in [2.24, 2.45) is 23.7 Å². The average molecular weight is 604 g/mol. The maximum Gasteiger partial charge on any atom is 0.306 e. The number of carbonyl (C=O) groups excluding carboxylic acids is 1. The number of benzene rings is 2. The van der Waals surface area contributed by atoms with Gasteiger partial charge in [0.1, 0.15) is 11.9 Å². The van der Waals surface area contributed by atoms with Crippen molar-refractivity contribution in [1.82, 2.24) is 4.31 Å². The van der Waals surface area contributed by atoms with Crippen LogP contribution in [0.5, 0.6) is 5.75 Å². The first-order valence-electron chi connectivity index (χ1n) is 14.6. The molecule has 42 heavy (non-hydrogen) atoms. The van der Waals surface area contributed by atoms with Crippen LogP contribution >= 0.6 is 0 Å². The molecule has 3 fully saturated rings. The van der Waals surface area contributed by atoms with Crippen molar-refractivity contribution in [3.05, 3.63) is 60.2 Å². The number of hydrogen-bond donors (Lipinski definition) is 1. The first-order valence-corrected chi connectivity index (χ1v) is 16.0. The highest BCUT2D eigenvalue weighted by atomic mass is 32.2. The van der Waals surface area contributed by atoms with Gasteiger partial charge in [-0.25, -0.2) is 8.42 Å². The van der Waals surface area contributed by atoms with E-state index < -0.39 is 40.4 Å². The Labute approximate surface area is 247 Å². The lowest BCUT2D eigenvalue weighted by atomic mass is 9.88. The Hall–Kier alpha value is -2.54.